The molecule has 0 unspecified atom stereocenters. The first-order chi connectivity index (χ1) is 6.74. The summed E-state index contributed by atoms with van der Waals surface area (Å²) in [5.41, 5.74) is 0. The third kappa shape index (κ3) is 3.46. The van der Waals surface area contributed by atoms with E-state index in [0.717, 1.165) is 19.4 Å². The Morgan fingerprint density at radius 3 is 3.00 bits per heavy atom. The summed E-state index contributed by atoms with van der Waals surface area (Å²) in [7, 11) is 1.62. The molecule has 0 saturated carbocycles. The van der Waals surface area contributed by atoms with Crippen molar-refractivity contribution in [1.82, 2.24) is 4.90 Å². The number of Topliss-reactive ketones (excluding diaryl/α,β-unsaturated/α-hetero) is 1. The molecule has 0 spiro atoms. The average molecular weight is 199 g/mol. The number of amides is 1. The van der Waals surface area contributed by atoms with Crippen LogP contribution in [0.5, 0.6) is 0 Å². The molecule has 1 heterocycles. The lowest BCUT2D eigenvalue weighted by Crippen LogP contribution is -2.40. The maximum Gasteiger partial charge on any atom is 0.223 e. The summed E-state index contributed by atoms with van der Waals surface area (Å²) in [5.74, 6) is 0.256. The van der Waals surface area contributed by atoms with Crippen LogP contribution in [-0.2, 0) is 14.3 Å². The molecule has 1 fully saturated rings. The van der Waals surface area contributed by atoms with Gasteiger partial charge in [0.25, 0.3) is 0 Å². The zero-order valence-corrected chi connectivity index (χ0v) is 8.62. The van der Waals surface area contributed by atoms with Gasteiger partial charge in [-0.3, -0.25) is 9.59 Å². The summed E-state index contributed by atoms with van der Waals surface area (Å²) in [5, 5.41) is 0. The minimum absolute atomic E-state index is 0.0788. The number of carbonyl (C=O) groups is 2. The minimum atomic E-state index is 0.0788. The molecule has 1 amide bonds. The second-order valence-corrected chi connectivity index (χ2v) is 3.55. The molecule has 0 N–H and O–H groups in total. The Bertz CT molecular complexity index is 215. The first kappa shape index (κ1) is 11.2. The fourth-order valence-corrected chi connectivity index (χ4v) is 1.58. The fourth-order valence-electron chi connectivity index (χ4n) is 1.58. The predicted octanol–water partition coefficient (Wildman–Crippen LogP) is 0.605. The van der Waals surface area contributed by atoms with E-state index in [4.69, 9.17) is 4.74 Å². The van der Waals surface area contributed by atoms with Crippen LogP contribution in [0, 0.1) is 0 Å². The third-order valence-corrected chi connectivity index (χ3v) is 2.34. The lowest BCUT2D eigenvalue weighted by Gasteiger charge is -2.25. The highest BCUT2D eigenvalue weighted by molar-refractivity contribution is 5.87. The van der Waals surface area contributed by atoms with Crippen LogP contribution in [-0.4, -0.2) is 43.4 Å². The van der Waals surface area contributed by atoms with Gasteiger partial charge in [0, 0.05) is 33.1 Å². The fraction of sp³-hybridized carbons (Fsp3) is 0.800. The quantitative estimate of drug-likeness (QED) is 0.623. The van der Waals surface area contributed by atoms with Gasteiger partial charge >= 0.3 is 0 Å². The number of piperidine rings is 1. The Morgan fingerprint density at radius 1 is 1.57 bits per heavy atom. The van der Waals surface area contributed by atoms with Gasteiger partial charge in [0.15, 0.2) is 5.78 Å². The average Bonchev–Trinajstić information content (AvgIpc) is 2.18. The van der Waals surface area contributed by atoms with E-state index in [0.29, 0.717) is 26.0 Å². The second-order valence-electron chi connectivity index (χ2n) is 3.55. The van der Waals surface area contributed by atoms with Crippen LogP contribution in [0.15, 0.2) is 0 Å². The number of methoxy groups -OCH3 is 1. The Morgan fingerprint density at radius 2 is 2.36 bits per heavy atom. The zero-order valence-electron chi connectivity index (χ0n) is 8.62. The van der Waals surface area contributed by atoms with E-state index in [1.54, 1.807) is 12.0 Å². The lowest BCUT2D eigenvalue weighted by molar-refractivity contribution is -0.137. The third-order valence-electron chi connectivity index (χ3n) is 2.34. The van der Waals surface area contributed by atoms with E-state index in [1.807, 2.05) is 0 Å². The maximum atomic E-state index is 11.5. The molecule has 4 heteroatoms. The molecule has 14 heavy (non-hydrogen) atoms. The summed E-state index contributed by atoms with van der Waals surface area (Å²) in [6.07, 6.45) is 2.66. The molecule has 1 aliphatic heterocycles. The van der Waals surface area contributed by atoms with Crippen molar-refractivity contribution in [3.63, 3.8) is 0 Å². The normalized spacial score (nSPS) is 17.2. The second kappa shape index (κ2) is 5.75. The molecule has 80 valence electrons. The van der Waals surface area contributed by atoms with Crippen molar-refractivity contribution in [3.8, 4) is 0 Å². The van der Waals surface area contributed by atoms with Crippen LogP contribution in [0.4, 0.5) is 0 Å². The number of nitrogens with zero attached hydrogens (tertiary/aromatic N) is 1. The van der Waals surface area contributed by atoms with E-state index in [2.05, 4.69) is 0 Å². The first-order valence-electron chi connectivity index (χ1n) is 5.02. The Kier molecular flexibility index (Phi) is 4.59. The zero-order chi connectivity index (χ0) is 10.4. The summed E-state index contributed by atoms with van der Waals surface area (Å²) in [6, 6.07) is 0. The first-order valence-corrected chi connectivity index (χ1v) is 5.02. The van der Waals surface area contributed by atoms with E-state index in [1.165, 1.54) is 0 Å². The number of ketones is 1. The van der Waals surface area contributed by atoms with Crippen LogP contribution in [0.1, 0.15) is 25.7 Å². The van der Waals surface area contributed by atoms with Crippen molar-refractivity contribution in [1.29, 1.82) is 0 Å². The molecule has 1 saturated heterocycles. The summed E-state index contributed by atoms with van der Waals surface area (Å²) in [4.78, 5) is 24.3. The van der Waals surface area contributed by atoms with Gasteiger partial charge in [-0.05, 0) is 12.8 Å². The van der Waals surface area contributed by atoms with Gasteiger partial charge in [-0.2, -0.15) is 0 Å². The molecule has 0 bridgehead atoms. The summed E-state index contributed by atoms with van der Waals surface area (Å²) in [6.45, 7) is 1.65. The van der Waals surface area contributed by atoms with Gasteiger partial charge in [-0.15, -0.1) is 0 Å². The Balaban J connectivity index is 2.25. The Labute approximate surface area is 84.2 Å². The summed E-state index contributed by atoms with van der Waals surface area (Å²) >= 11 is 0. The molecule has 0 radical (unpaired) electrons. The van der Waals surface area contributed by atoms with Crippen LogP contribution in [0.25, 0.3) is 0 Å². The van der Waals surface area contributed by atoms with Crippen molar-refractivity contribution in [2.75, 3.05) is 26.8 Å². The number of hydrogen-bond donors (Lipinski definition) is 0. The van der Waals surface area contributed by atoms with Gasteiger partial charge in [-0.1, -0.05) is 0 Å². The van der Waals surface area contributed by atoms with Gasteiger partial charge in [0.05, 0.1) is 6.54 Å². The highest BCUT2D eigenvalue weighted by Gasteiger charge is 2.20. The van der Waals surface area contributed by atoms with Crippen molar-refractivity contribution in [3.05, 3.63) is 0 Å². The topological polar surface area (TPSA) is 46.6 Å². The molecule has 0 aromatic carbocycles. The SMILES string of the molecule is COCCCC(=O)N1CCCC(=O)C1. The highest BCUT2D eigenvalue weighted by atomic mass is 16.5. The van der Waals surface area contributed by atoms with Crippen molar-refractivity contribution in [2.24, 2.45) is 0 Å². The van der Waals surface area contributed by atoms with Crippen molar-refractivity contribution < 1.29 is 14.3 Å². The lowest BCUT2D eigenvalue weighted by atomic mass is 10.1. The van der Waals surface area contributed by atoms with Crippen LogP contribution >= 0.6 is 0 Å². The van der Waals surface area contributed by atoms with E-state index >= 15 is 0 Å². The monoisotopic (exact) mass is 199 g/mol. The molecule has 0 aromatic heterocycles. The molecule has 0 aliphatic carbocycles. The molecule has 1 rings (SSSR count). The maximum absolute atomic E-state index is 11.5. The highest BCUT2D eigenvalue weighted by Crippen LogP contribution is 2.08. The van der Waals surface area contributed by atoms with Gasteiger partial charge in [0.1, 0.15) is 0 Å². The summed E-state index contributed by atoms with van der Waals surface area (Å²) < 4.78 is 4.86. The molecule has 4 nitrogen and oxygen atoms in total. The van der Waals surface area contributed by atoms with Crippen LogP contribution in [0.3, 0.4) is 0 Å². The van der Waals surface area contributed by atoms with Gasteiger partial charge < -0.3 is 9.64 Å². The molecule has 0 aromatic rings. The minimum Gasteiger partial charge on any atom is -0.385 e. The number of hydrogen-bond acceptors (Lipinski definition) is 3. The van der Waals surface area contributed by atoms with Crippen LogP contribution in [0.2, 0.25) is 0 Å². The molecular weight excluding hydrogens is 182 g/mol. The largest absolute Gasteiger partial charge is 0.385 e. The number of rotatable bonds is 4. The standard InChI is InChI=1S/C10H17NO3/c1-14-7-3-5-10(13)11-6-2-4-9(12)8-11/h2-8H2,1H3. The van der Waals surface area contributed by atoms with E-state index < -0.39 is 0 Å². The van der Waals surface area contributed by atoms with Crippen molar-refractivity contribution in [2.45, 2.75) is 25.7 Å². The molecule has 0 atom stereocenters. The number of likely N-dealkylation sites (tertiary alicyclic amines) is 1. The molecular formula is C10H17NO3. The number of carbonyl (C=O) groups excluding carboxylic acids is 2. The van der Waals surface area contributed by atoms with Crippen LogP contribution < -0.4 is 0 Å². The molecule has 1 aliphatic rings. The van der Waals surface area contributed by atoms with Gasteiger partial charge in [0.2, 0.25) is 5.91 Å². The predicted molar refractivity (Wildman–Crippen MR) is 51.9 cm³/mol. The Hall–Kier alpha value is -0.900. The van der Waals surface area contributed by atoms with Crippen molar-refractivity contribution >= 4 is 11.7 Å². The van der Waals surface area contributed by atoms with E-state index in [9.17, 15) is 9.59 Å². The smallest absolute Gasteiger partial charge is 0.223 e. The number of ether oxygens (including phenoxy) is 1. The van der Waals surface area contributed by atoms with E-state index in [-0.39, 0.29) is 11.7 Å². The van der Waals surface area contributed by atoms with Gasteiger partial charge in [-0.25, -0.2) is 0 Å².